The highest BCUT2D eigenvalue weighted by molar-refractivity contribution is 7.15. The number of nitrogens with zero attached hydrogens (tertiary/aromatic N) is 2. The Morgan fingerprint density at radius 1 is 1.58 bits per heavy atom. The molecule has 0 radical (unpaired) electrons. The van der Waals surface area contributed by atoms with E-state index in [-0.39, 0.29) is 5.92 Å². The number of fused-ring (bicyclic) bond motifs is 1. The summed E-state index contributed by atoms with van der Waals surface area (Å²) in [6, 6.07) is 0. The Labute approximate surface area is 116 Å². The van der Waals surface area contributed by atoms with Gasteiger partial charge in [0, 0.05) is 18.0 Å². The summed E-state index contributed by atoms with van der Waals surface area (Å²) in [6.07, 6.45) is 2.79. The first-order valence-corrected chi connectivity index (χ1v) is 7.60. The summed E-state index contributed by atoms with van der Waals surface area (Å²) in [4.78, 5) is 19.1. The second kappa shape index (κ2) is 5.09. The molecule has 3 rings (SSSR count). The van der Waals surface area contributed by atoms with Crippen LogP contribution in [0.15, 0.2) is 0 Å². The van der Waals surface area contributed by atoms with Crippen LogP contribution >= 0.6 is 11.3 Å². The summed E-state index contributed by atoms with van der Waals surface area (Å²) in [5.74, 6) is -0.452. The van der Waals surface area contributed by atoms with Crippen LogP contribution in [0.5, 0.6) is 0 Å². The van der Waals surface area contributed by atoms with Gasteiger partial charge < -0.3 is 15.3 Å². The highest BCUT2D eigenvalue weighted by atomic mass is 32.1. The van der Waals surface area contributed by atoms with Crippen molar-refractivity contribution in [3.05, 3.63) is 10.6 Å². The number of thiazole rings is 1. The Morgan fingerprint density at radius 2 is 2.42 bits per heavy atom. The highest BCUT2D eigenvalue weighted by Crippen LogP contribution is 2.38. The van der Waals surface area contributed by atoms with Gasteiger partial charge in [0.15, 0.2) is 5.13 Å². The van der Waals surface area contributed by atoms with E-state index in [9.17, 15) is 4.79 Å². The van der Waals surface area contributed by atoms with Crippen molar-refractivity contribution < 1.29 is 9.90 Å². The van der Waals surface area contributed by atoms with Crippen molar-refractivity contribution in [2.24, 2.45) is 5.92 Å². The van der Waals surface area contributed by atoms with E-state index < -0.39 is 5.97 Å². The van der Waals surface area contributed by atoms with Crippen LogP contribution in [0.4, 0.5) is 5.13 Å². The lowest BCUT2D eigenvalue weighted by Gasteiger charge is -2.10. The number of aromatic nitrogens is 1. The number of aliphatic carboxylic acids is 1. The van der Waals surface area contributed by atoms with Crippen molar-refractivity contribution in [1.82, 2.24) is 9.88 Å². The zero-order valence-electron chi connectivity index (χ0n) is 11.1. The van der Waals surface area contributed by atoms with E-state index in [0.717, 1.165) is 35.2 Å². The maximum absolute atomic E-state index is 11.1. The maximum Gasteiger partial charge on any atom is 0.312 e. The van der Waals surface area contributed by atoms with Gasteiger partial charge in [0.25, 0.3) is 0 Å². The Morgan fingerprint density at radius 3 is 3.11 bits per heavy atom. The predicted octanol–water partition coefficient (Wildman–Crippen LogP) is 1.62. The summed E-state index contributed by atoms with van der Waals surface area (Å²) < 4.78 is 0. The van der Waals surface area contributed by atoms with Gasteiger partial charge in [0.05, 0.1) is 5.69 Å². The summed E-state index contributed by atoms with van der Waals surface area (Å²) in [5.41, 5.74) is 0.795. The lowest BCUT2D eigenvalue weighted by Crippen LogP contribution is -2.19. The van der Waals surface area contributed by atoms with Gasteiger partial charge in [0.2, 0.25) is 0 Å². The van der Waals surface area contributed by atoms with Crippen molar-refractivity contribution in [1.29, 1.82) is 0 Å². The minimum absolute atomic E-state index is 0.389. The van der Waals surface area contributed by atoms with Crippen LogP contribution in [0, 0.1) is 5.92 Å². The van der Waals surface area contributed by atoms with Gasteiger partial charge in [-0.25, -0.2) is 4.98 Å². The zero-order chi connectivity index (χ0) is 13.4. The number of rotatable bonds is 4. The molecule has 2 aliphatic rings. The van der Waals surface area contributed by atoms with Crippen molar-refractivity contribution in [2.75, 3.05) is 32.0 Å². The first kappa shape index (κ1) is 12.9. The summed E-state index contributed by atoms with van der Waals surface area (Å²) in [7, 11) is 2.15. The molecule has 2 atom stereocenters. The maximum atomic E-state index is 11.1. The number of carbonyl (C=O) groups is 1. The molecule has 19 heavy (non-hydrogen) atoms. The SMILES string of the molecule is CN1CCC(CNc2nc3c(s2)CCC3C(=O)O)C1. The Hall–Kier alpha value is -1.14. The van der Waals surface area contributed by atoms with Gasteiger partial charge in [-0.2, -0.15) is 0 Å². The fraction of sp³-hybridized carbons (Fsp3) is 0.692. The molecule has 0 amide bonds. The molecule has 1 saturated heterocycles. The smallest absolute Gasteiger partial charge is 0.312 e. The number of aryl methyl sites for hydroxylation is 1. The van der Waals surface area contributed by atoms with E-state index in [4.69, 9.17) is 5.11 Å². The number of nitrogens with one attached hydrogen (secondary N) is 1. The van der Waals surface area contributed by atoms with Crippen LogP contribution in [0.3, 0.4) is 0 Å². The van der Waals surface area contributed by atoms with Crippen LogP contribution in [-0.4, -0.2) is 47.6 Å². The molecule has 0 spiro atoms. The van der Waals surface area contributed by atoms with Crippen molar-refractivity contribution in [2.45, 2.75) is 25.2 Å². The Kier molecular flexibility index (Phi) is 3.45. The predicted molar refractivity (Wildman–Crippen MR) is 74.9 cm³/mol. The first-order chi connectivity index (χ1) is 9.13. The highest BCUT2D eigenvalue weighted by Gasteiger charge is 2.32. The summed E-state index contributed by atoms with van der Waals surface area (Å²) in [5, 5.41) is 13.4. The van der Waals surface area contributed by atoms with E-state index >= 15 is 0 Å². The van der Waals surface area contributed by atoms with Crippen LogP contribution in [0.25, 0.3) is 0 Å². The number of hydrogen-bond donors (Lipinski definition) is 2. The fourth-order valence-corrected chi connectivity index (χ4v) is 4.01. The zero-order valence-corrected chi connectivity index (χ0v) is 11.9. The van der Waals surface area contributed by atoms with Crippen LogP contribution in [-0.2, 0) is 11.2 Å². The molecule has 1 aliphatic heterocycles. The third kappa shape index (κ3) is 2.60. The molecule has 6 heteroatoms. The molecular formula is C13H19N3O2S. The van der Waals surface area contributed by atoms with Gasteiger partial charge in [0.1, 0.15) is 5.92 Å². The van der Waals surface area contributed by atoms with Gasteiger partial charge >= 0.3 is 5.97 Å². The van der Waals surface area contributed by atoms with E-state index in [1.807, 2.05) is 0 Å². The number of likely N-dealkylation sites (tertiary alicyclic amines) is 1. The van der Waals surface area contributed by atoms with Crippen LogP contribution < -0.4 is 5.32 Å². The molecule has 1 fully saturated rings. The monoisotopic (exact) mass is 281 g/mol. The molecule has 2 N–H and O–H groups in total. The number of carboxylic acids is 1. The third-order valence-electron chi connectivity index (χ3n) is 4.05. The van der Waals surface area contributed by atoms with Crippen molar-refractivity contribution in [3.63, 3.8) is 0 Å². The quantitative estimate of drug-likeness (QED) is 0.878. The lowest BCUT2D eigenvalue weighted by atomic mass is 10.1. The molecule has 1 aromatic rings. The molecule has 1 aromatic heterocycles. The van der Waals surface area contributed by atoms with E-state index in [1.165, 1.54) is 13.0 Å². The number of anilines is 1. The molecule has 2 heterocycles. The Balaban J connectivity index is 1.61. The average molecular weight is 281 g/mol. The molecule has 0 saturated carbocycles. The van der Waals surface area contributed by atoms with Gasteiger partial charge in [-0.3, -0.25) is 4.79 Å². The topological polar surface area (TPSA) is 65.5 Å². The van der Waals surface area contributed by atoms with Gasteiger partial charge in [-0.1, -0.05) is 0 Å². The van der Waals surface area contributed by atoms with Crippen molar-refractivity contribution in [3.8, 4) is 0 Å². The molecular weight excluding hydrogens is 262 g/mol. The van der Waals surface area contributed by atoms with Crippen LogP contribution in [0.2, 0.25) is 0 Å². The lowest BCUT2D eigenvalue weighted by molar-refractivity contribution is -0.138. The minimum atomic E-state index is -0.743. The standard InChI is InChI=1S/C13H19N3O2S/c1-16-5-4-8(7-16)6-14-13-15-11-9(12(17)18)2-3-10(11)19-13/h8-9H,2-7H2,1H3,(H,14,15)(H,17,18). The van der Waals surface area contributed by atoms with E-state index in [1.54, 1.807) is 11.3 Å². The van der Waals surface area contributed by atoms with E-state index in [2.05, 4.69) is 22.2 Å². The molecule has 0 bridgehead atoms. The molecule has 104 valence electrons. The van der Waals surface area contributed by atoms with E-state index in [0.29, 0.717) is 12.3 Å². The number of carboxylic acid groups (broad SMARTS) is 1. The second-order valence-electron chi connectivity index (χ2n) is 5.55. The molecule has 0 aromatic carbocycles. The Bertz CT molecular complexity index is 488. The summed E-state index contributed by atoms with van der Waals surface area (Å²) in [6.45, 7) is 3.24. The minimum Gasteiger partial charge on any atom is -0.481 e. The van der Waals surface area contributed by atoms with Gasteiger partial charge in [-0.15, -0.1) is 11.3 Å². The largest absolute Gasteiger partial charge is 0.481 e. The molecule has 1 aliphatic carbocycles. The first-order valence-electron chi connectivity index (χ1n) is 6.78. The van der Waals surface area contributed by atoms with Crippen molar-refractivity contribution >= 4 is 22.4 Å². The fourth-order valence-electron chi connectivity index (χ4n) is 2.97. The van der Waals surface area contributed by atoms with Gasteiger partial charge in [-0.05, 0) is 38.8 Å². The normalized spacial score (nSPS) is 26.6. The average Bonchev–Trinajstić information content (AvgIpc) is 3.00. The molecule has 5 nitrogen and oxygen atoms in total. The second-order valence-corrected chi connectivity index (χ2v) is 6.64. The summed E-state index contributed by atoms with van der Waals surface area (Å²) >= 11 is 1.63. The number of hydrogen-bond acceptors (Lipinski definition) is 5. The third-order valence-corrected chi connectivity index (χ3v) is 5.14. The molecule has 2 unspecified atom stereocenters. The van der Waals surface area contributed by atoms with Crippen LogP contribution in [0.1, 0.15) is 29.3 Å².